The molecule has 0 saturated carbocycles. The number of carbonyl (C=O) groups is 1. The van der Waals surface area contributed by atoms with Crippen molar-refractivity contribution in [1.29, 1.82) is 0 Å². The van der Waals surface area contributed by atoms with E-state index < -0.39 is 38.6 Å². The smallest absolute Gasteiger partial charge is 0.354 e. The van der Waals surface area contributed by atoms with E-state index in [0.29, 0.717) is 12.6 Å². The standard InChI is InChI=1S/C16H21F3N2O3S2/c1-10(2)7-20-15(22)14-8-25-9-21(14)26(23,24)12-5-4-11(3)13(6-12)16(17,18)19/h4-6,10,14H,7-9H2,1-3H3,(H,20,22). The Morgan fingerprint density at radius 2 is 2.04 bits per heavy atom. The van der Waals surface area contributed by atoms with E-state index in [2.05, 4.69) is 5.32 Å². The van der Waals surface area contributed by atoms with Crippen molar-refractivity contribution in [3.8, 4) is 0 Å². The second-order valence-corrected chi connectivity index (χ2v) is 9.41. The van der Waals surface area contributed by atoms with E-state index in [9.17, 15) is 26.4 Å². The van der Waals surface area contributed by atoms with Gasteiger partial charge in [-0.05, 0) is 30.5 Å². The van der Waals surface area contributed by atoms with E-state index in [1.807, 2.05) is 13.8 Å². The molecule has 5 nitrogen and oxygen atoms in total. The number of amides is 1. The first-order valence-electron chi connectivity index (χ1n) is 7.99. The van der Waals surface area contributed by atoms with Crippen LogP contribution in [-0.2, 0) is 21.0 Å². The quantitative estimate of drug-likeness (QED) is 0.811. The zero-order chi connectivity index (χ0) is 19.7. The van der Waals surface area contributed by atoms with E-state index in [0.717, 1.165) is 16.4 Å². The van der Waals surface area contributed by atoms with Crippen LogP contribution in [0.3, 0.4) is 0 Å². The van der Waals surface area contributed by atoms with Crippen LogP contribution < -0.4 is 5.32 Å². The van der Waals surface area contributed by atoms with Gasteiger partial charge >= 0.3 is 6.18 Å². The second-order valence-electron chi connectivity index (χ2n) is 6.52. The summed E-state index contributed by atoms with van der Waals surface area (Å²) in [6.45, 7) is 5.48. The van der Waals surface area contributed by atoms with E-state index in [1.54, 1.807) is 0 Å². The van der Waals surface area contributed by atoms with Crippen LogP contribution >= 0.6 is 11.8 Å². The third-order valence-corrected chi connectivity index (χ3v) is 6.98. The van der Waals surface area contributed by atoms with Crippen molar-refractivity contribution >= 4 is 27.7 Å². The van der Waals surface area contributed by atoms with Crippen molar-refractivity contribution in [3.63, 3.8) is 0 Å². The maximum atomic E-state index is 13.1. The lowest BCUT2D eigenvalue weighted by atomic mass is 10.1. The molecule has 0 aromatic heterocycles. The van der Waals surface area contributed by atoms with Gasteiger partial charge in [0.05, 0.1) is 16.3 Å². The van der Waals surface area contributed by atoms with E-state index in [4.69, 9.17) is 0 Å². The van der Waals surface area contributed by atoms with Crippen molar-refractivity contribution in [2.75, 3.05) is 18.2 Å². The van der Waals surface area contributed by atoms with Crippen LogP contribution in [0, 0.1) is 12.8 Å². The molecule has 1 heterocycles. The Morgan fingerprint density at radius 1 is 1.38 bits per heavy atom. The molecule has 1 aromatic carbocycles. The van der Waals surface area contributed by atoms with Gasteiger partial charge in [-0.25, -0.2) is 8.42 Å². The second kappa shape index (κ2) is 7.77. The molecule has 0 spiro atoms. The number of thioether (sulfide) groups is 1. The highest BCUT2D eigenvalue weighted by Crippen LogP contribution is 2.35. The van der Waals surface area contributed by atoms with Crippen LogP contribution in [0.2, 0.25) is 0 Å². The van der Waals surface area contributed by atoms with Gasteiger partial charge in [-0.15, -0.1) is 11.8 Å². The van der Waals surface area contributed by atoms with Gasteiger partial charge in [-0.3, -0.25) is 4.79 Å². The molecule has 1 unspecified atom stereocenters. The molecule has 1 aliphatic heterocycles. The molecule has 0 aliphatic carbocycles. The first kappa shape index (κ1) is 21.0. The van der Waals surface area contributed by atoms with Crippen molar-refractivity contribution < 1.29 is 26.4 Å². The summed E-state index contributed by atoms with van der Waals surface area (Å²) in [5.41, 5.74) is -1.05. The zero-order valence-corrected chi connectivity index (χ0v) is 16.3. The van der Waals surface area contributed by atoms with Gasteiger partial charge in [-0.2, -0.15) is 17.5 Å². The summed E-state index contributed by atoms with van der Waals surface area (Å²) >= 11 is 1.25. The van der Waals surface area contributed by atoms with Gasteiger partial charge in [0.25, 0.3) is 0 Å². The van der Waals surface area contributed by atoms with Crippen molar-refractivity contribution in [2.24, 2.45) is 5.92 Å². The first-order valence-corrected chi connectivity index (χ1v) is 10.6. The molecule has 0 radical (unpaired) electrons. The predicted octanol–water partition coefficient (Wildman–Crippen LogP) is 2.85. The number of rotatable bonds is 5. The van der Waals surface area contributed by atoms with E-state index in [1.165, 1.54) is 18.7 Å². The average molecular weight is 410 g/mol. The SMILES string of the molecule is Cc1ccc(S(=O)(=O)N2CSCC2C(=O)NCC(C)C)cc1C(F)(F)F. The van der Waals surface area contributed by atoms with Gasteiger partial charge in [0.15, 0.2) is 0 Å². The number of nitrogens with zero attached hydrogens (tertiary/aromatic N) is 1. The maximum Gasteiger partial charge on any atom is 0.416 e. The first-order chi connectivity index (χ1) is 11.9. The molecule has 10 heteroatoms. The molecule has 146 valence electrons. The molecular formula is C16H21F3N2O3S2. The number of carbonyl (C=O) groups excluding carboxylic acids is 1. The van der Waals surface area contributed by atoms with Gasteiger partial charge < -0.3 is 5.32 Å². The number of nitrogens with one attached hydrogen (secondary N) is 1. The molecule has 26 heavy (non-hydrogen) atoms. The number of sulfonamides is 1. The minimum absolute atomic E-state index is 0.0251. The van der Waals surface area contributed by atoms with E-state index in [-0.39, 0.29) is 23.1 Å². The predicted molar refractivity (Wildman–Crippen MR) is 94.2 cm³/mol. The molecule has 1 aliphatic rings. The largest absolute Gasteiger partial charge is 0.416 e. The third kappa shape index (κ3) is 4.52. The minimum atomic E-state index is -4.65. The summed E-state index contributed by atoms with van der Waals surface area (Å²) in [5.74, 6) is 0.0540. The Labute approximate surface area is 155 Å². The molecule has 1 aromatic rings. The van der Waals surface area contributed by atoms with Crippen LogP contribution in [0.4, 0.5) is 13.2 Å². The van der Waals surface area contributed by atoms with Gasteiger partial charge in [0.1, 0.15) is 6.04 Å². The van der Waals surface area contributed by atoms with Crippen molar-refractivity contribution in [3.05, 3.63) is 29.3 Å². The van der Waals surface area contributed by atoms with Crippen LogP contribution in [0.1, 0.15) is 25.0 Å². The van der Waals surface area contributed by atoms with Gasteiger partial charge in [0, 0.05) is 12.3 Å². The summed E-state index contributed by atoms with van der Waals surface area (Å²) in [7, 11) is -4.22. The van der Waals surface area contributed by atoms with Gasteiger partial charge in [-0.1, -0.05) is 19.9 Å². The number of aryl methyl sites for hydroxylation is 1. The Hall–Kier alpha value is -1.26. The Bertz CT molecular complexity index is 779. The molecule has 1 N–H and O–H groups in total. The third-order valence-electron chi connectivity index (χ3n) is 3.95. The summed E-state index contributed by atoms with van der Waals surface area (Å²) in [5, 5.41) is 2.68. The molecule has 1 saturated heterocycles. The van der Waals surface area contributed by atoms with Crippen molar-refractivity contribution in [2.45, 2.75) is 37.9 Å². The molecular weight excluding hydrogens is 389 g/mol. The van der Waals surface area contributed by atoms with Crippen LogP contribution in [0.15, 0.2) is 23.1 Å². The normalized spacial score (nSPS) is 19.1. The van der Waals surface area contributed by atoms with Crippen LogP contribution in [0.25, 0.3) is 0 Å². The molecule has 1 atom stereocenters. The lowest BCUT2D eigenvalue weighted by molar-refractivity contribution is -0.138. The monoisotopic (exact) mass is 410 g/mol. The van der Waals surface area contributed by atoms with Gasteiger partial charge in [0.2, 0.25) is 15.9 Å². The fraction of sp³-hybridized carbons (Fsp3) is 0.562. The zero-order valence-electron chi connectivity index (χ0n) is 14.6. The molecule has 0 bridgehead atoms. The number of benzene rings is 1. The fourth-order valence-electron chi connectivity index (χ4n) is 2.50. The molecule has 1 amide bonds. The minimum Gasteiger partial charge on any atom is -0.354 e. The lowest BCUT2D eigenvalue weighted by Crippen LogP contribution is -2.47. The highest BCUT2D eigenvalue weighted by atomic mass is 32.2. The highest BCUT2D eigenvalue weighted by Gasteiger charge is 2.41. The summed E-state index contributed by atoms with van der Waals surface area (Å²) in [6.07, 6.45) is -4.65. The number of hydrogen-bond donors (Lipinski definition) is 1. The maximum absolute atomic E-state index is 13.1. The average Bonchev–Trinajstić information content (AvgIpc) is 3.02. The Kier molecular flexibility index (Phi) is 6.29. The van der Waals surface area contributed by atoms with E-state index >= 15 is 0 Å². The highest BCUT2D eigenvalue weighted by molar-refractivity contribution is 8.00. The summed E-state index contributed by atoms with van der Waals surface area (Å²) < 4.78 is 66.0. The Morgan fingerprint density at radius 3 is 2.62 bits per heavy atom. The summed E-state index contributed by atoms with van der Waals surface area (Å²) in [6, 6.07) is 1.98. The number of halogens is 3. The Balaban J connectivity index is 2.33. The van der Waals surface area contributed by atoms with Crippen LogP contribution in [0.5, 0.6) is 0 Å². The van der Waals surface area contributed by atoms with Crippen molar-refractivity contribution in [1.82, 2.24) is 9.62 Å². The lowest BCUT2D eigenvalue weighted by Gasteiger charge is -2.23. The summed E-state index contributed by atoms with van der Waals surface area (Å²) in [4.78, 5) is 11.8. The molecule has 1 fully saturated rings. The number of alkyl halides is 3. The fourth-order valence-corrected chi connectivity index (χ4v) is 5.67. The topological polar surface area (TPSA) is 66.5 Å². The number of hydrogen-bond acceptors (Lipinski definition) is 4. The molecule has 2 rings (SSSR count). The van der Waals surface area contributed by atoms with Crippen LogP contribution in [-0.4, -0.2) is 42.8 Å².